The van der Waals surface area contributed by atoms with Crippen LogP contribution in [0.25, 0.3) is 0 Å². The van der Waals surface area contributed by atoms with Crippen molar-refractivity contribution < 1.29 is 14.6 Å². The monoisotopic (exact) mass is 171 g/mol. The second-order valence-electron chi connectivity index (χ2n) is 2.18. The van der Waals surface area contributed by atoms with E-state index in [9.17, 15) is 4.79 Å². The minimum absolute atomic E-state index is 0.0820. The van der Waals surface area contributed by atoms with E-state index in [0.29, 0.717) is 0 Å². The number of carboxylic acids is 1. The number of nitrogens with zero attached hydrogens (tertiary/aromatic N) is 3. The van der Waals surface area contributed by atoms with Gasteiger partial charge in [0.1, 0.15) is 12.7 Å². The molecule has 0 spiro atoms. The molecule has 12 heavy (non-hydrogen) atoms. The van der Waals surface area contributed by atoms with Crippen molar-refractivity contribution in [3.63, 3.8) is 0 Å². The molecule has 66 valence electrons. The molecule has 6 heteroatoms. The smallest absolute Gasteiger partial charge is 0.330 e. The number of ether oxygens (including phenoxy) is 1. The second-order valence-corrected chi connectivity index (χ2v) is 2.18. The summed E-state index contributed by atoms with van der Waals surface area (Å²) in [5.41, 5.74) is 0. The molecule has 1 atom stereocenters. The van der Waals surface area contributed by atoms with Gasteiger partial charge in [-0.1, -0.05) is 0 Å². The maximum Gasteiger partial charge on any atom is 0.330 e. The molecule has 1 unspecified atom stereocenters. The maximum absolute atomic E-state index is 10.6. The second kappa shape index (κ2) is 3.82. The summed E-state index contributed by atoms with van der Waals surface area (Å²) in [6.07, 6.45) is 2.63. The number of carbonyl (C=O) groups is 1. The number of aliphatic carboxylic acids is 1. The molecule has 1 aromatic heterocycles. The lowest BCUT2D eigenvalue weighted by atomic mass is 10.3. The van der Waals surface area contributed by atoms with Crippen LogP contribution in [0.3, 0.4) is 0 Å². The zero-order valence-electron chi connectivity index (χ0n) is 6.54. The van der Waals surface area contributed by atoms with Crippen LogP contribution in [0.1, 0.15) is 6.04 Å². The average molecular weight is 171 g/mol. The zero-order valence-corrected chi connectivity index (χ0v) is 6.54. The predicted octanol–water partition coefficient (Wildman–Crippen LogP) is -0.450. The highest BCUT2D eigenvalue weighted by Crippen LogP contribution is 2.03. The molecule has 0 bridgehead atoms. The van der Waals surface area contributed by atoms with E-state index in [0.717, 1.165) is 0 Å². The first-order chi connectivity index (χ1) is 5.75. The molecule has 0 aromatic carbocycles. The molecule has 0 aliphatic rings. The number of methoxy groups -OCH3 is 1. The normalized spacial score (nSPS) is 12.8. The molecule has 0 radical (unpaired) electrons. The van der Waals surface area contributed by atoms with Crippen molar-refractivity contribution in [2.24, 2.45) is 0 Å². The molecule has 0 saturated heterocycles. The van der Waals surface area contributed by atoms with Gasteiger partial charge in [-0.3, -0.25) is 0 Å². The minimum atomic E-state index is -0.984. The number of hydrogen-bond donors (Lipinski definition) is 1. The third-order valence-electron chi connectivity index (χ3n) is 1.37. The molecule has 0 amide bonds. The fourth-order valence-electron chi connectivity index (χ4n) is 0.797. The van der Waals surface area contributed by atoms with Gasteiger partial charge in [0.2, 0.25) is 0 Å². The third kappa shape index (κ3) is 1.79. The highest BCUT2D eigenvalue weighted by atomic mass is 16.5. The van der Waals surface area contributed by atoms with E-state index < -0.39 is 12.0 Å². The first kappa shape index (κ1) is 8.66. The SMILES string of the molecule is COCC(C(=O)O)n1cncn1. The van der Waals surface area contributed by atoms with Crippen LogP contribution in [0.2, 0.25) is 0 Å². The first-order valence-electron chi connectivity index (χ1n) is 3.31. The zero-order chi connectivity index (χ0) is 8.97. The fourth-order valence-corrected chi connectivity index (χ4v) is 0.797. The highest BCUT2D eigenvalue weighted by Gasteiger charge is 2.19. The molecule has 1 heterocycles. The first-order valence-corrected chi connectivity index (χ1v) is 3.31. The van der Waals surface area contributed by atoms with Crippen molar-refractivity contribution in [2.45, 2.75) is 6.04 Å². The van der Waals surface area contributed by atoms with Gasteiger partial charge in [-0.05, 0) is 0 Å². The fraction of sp³-hybridized carbons (Fsp3) is 0.500. The van der Waals surface area contributed by atoms with Crippen LogP contribution >= 0.6 is 0 Å². The van der Waals surface area contributed by atoms with Gasteiger partial charge < -0.3 is 9.84 Å². The van der Waals surface area contributed by atoms with Crippen molar-refractivity contribution in [1.29, 1.82) is 0 Å². The third-order valence-corrected chi connectivity index (χ3v) is 1.37. The van der Waals surface area contributed by atoms with Crippen LogP contribution in [-0.4, -0.2) is 39.6 Å². The van der Waals surface area contributed by atoms with Crippen LogP contribution in [0.5, 0.6) is 0 Å². The van der Waals surface area contributed by atoms with Gasteiger partial charge in [0.15, 0.2) is 6.04 Å². The average Bonchev–Trinajstić information content (AvgIpc) is 2.51. The predicted molar refractivity (Wildman–Crippen MR) is 38.6 cm³/mol. The molecule has 0 fully saturated rings. The van der Waals surface area contributed by atoms with Crippen LogP contribution < -0.4 is 0 Å². The maximum atomic E-state index is 10.6. The van der Waals surface area contributed by atoms with Crippen molar-refractivity contribution in [2.75, 3.05) is 13.7 Å². The molecule has 0 aliphatic heterocycles. The van der Waals surface area contributed by atoms with E-state index in [1.165, 1.54) is 24.4 Å². The summed E-state index contributed by atoms with van der Waals surface area (Å²) in [7, 11) is 1.44. The van der Waals surface area contributed by atoms with Crippen LogP contribution in [-0.2, 0) is 9.53 Å². The summed E-state index contributed by atoms with van der Waals surface area (Å²) < 4.78 is 5.96. The standard InChI is InChI=1S/C6H9N3O3/c1-12-2-5(6(10)11)9-4-7-3-8-9/h3-5H,2H2,1H3,(H,10,11). The van der Waals surface area contributed by atoms with E-state index in [4.69, 9.17) is 9.84 Å². The Bertz CT molecular complexity index is 247. The summed E-state index contributed by atoms with van der Waals surface area (Å²) in [6, 6.07) is -0.794. The lowest BCUT2D eigenvalue weighted by Gasteiger charge is -2.09. The quantitative estimate of drug-likeness (QED) is 0.663. The Morgan fingerprint density at radius 3 is 3.00 bits per heavy atom. The van der Waals surface area contributed by atoms with Crippen LogP contribution in [0.15, 0.2) is 12.7 Å². The Morgan fingerprint density at radius 2 is 2.58 bits per heavy atom. The van der Waals surface area contributed by atoms with Crippen molar-refractivity contribution in [3.05, 3.63) is 12.7 Å². The van der Waals surface area contributed by atoms with E-state index in [2.05, 4.69) is 10.1 Å². The number of rotatable bonds is 4. The van der Waals surface area contributed by atoms with Crippen molar-refractivity contribution in [3.8, 4) is 0 Å². The topological polar surface area (TPSA) is 77.2 Å². The van der Waals surface area contributed by atoms with Gasteiger partial charge >= 0.3 is 5.97 Å². The Labute approximate surface area is 68.8 Å². The molecular weight excluding hydrogens is 162 g/mol. The highest BCUT2D eigenvalue weighted by molar-refractivity contribution is 5.71. The lowest BCUT2D eigenvalue weighted by molar-refractivity contribution is -0.142. The van der Waals surface area contributed by atoms with E-state index in [1.807, 2.05) is 0 Å². The molecule has 1 N–H and O–H groups in total. The molecule has 1 aromatic rings. The van der Waals surface area contributed by atoms with E-state index in [-0.39, 0.29) is 6.61 Å². The molecule has 0 saturated carbocycles. The van der Waals surface area contributed by atoms with Gasteiger partial charge in [0.05, 0.1) is 6.61 Å². The number of aromatic nitrogens is 3. The van der Waals surface area contributed by atoms with Crippen molar-refractivity contribution in [1.82, 2.24) is 14.8 Å². The summed E-state index contributed by atoms with van der Waals surface area (Å²) in [5, 5.41) is 12.4. The molecular formula is C6H9N3O3. The Hall–Kier alpha value is -1.43. The minimum Gasteiger partial charge on any atom is -0.480 e. The Morgan fingerprint density at radius 1 is 1.83 bits per heavy atom. The van der Waals surface area contributed by atoms with Gasteiger partial charge in [-0.25, -0.2) is 14.5 Å². The van der Waals surface area contributed by atoms with Gasteiger partial charge in [-0.2, -0.15) is 5.10 Å². The van der Waals surface area contributed by atoms with Gasteiger partial charge in [0, 0.05) is 7.11 Å². The van der Waals surface area contributed by atoms with Crippen LogP contribution in [0, 0.1) is 0 Å². The molecule has 6 nitrogen and oxygen atoms in total. The number of carboxylic acid groups (broad SMARTS) is 1. The van der Waals surface area contributed by atoms with Gasteiger partial charge in [-0.15, -0.1) is 0 Å². The Kier molecular flexibility index (Phi) is 2.76. The number of hydrogen-bond acceptors (Lipinski definition) is 4. The van der Waals surface area contributed by atoms with Crippen molar-refractivity contribution >= 4 is 5.97 Å². The van der Waals surface area contributed by atoms with E-state index in [1.54, 1.807) is 0 Å². The Balaban J connectivity index is 2.73. The lowest BCUT2D eigenvalue weighted by Crippen LogP contribution is -2.23. The molecule has 1 rings (SSSR count). The summed E-state index contributed by atoms with van der Waals surface area (Å²) >= 11 is 0. The van der Waals surface area contributed by atoms with Gasteiger partial charge in [0.25, 0.3) is 0 Å². The summed E-state index contributed by atoms with van der Waals surface area (Å²) in [4.78, 5) is 14.3. The summed E-state index contributed by atoms with van der Waals surface area (Å²) in [5.74, 6) is -0.984. The molecule has 0 aliphatic carbocycles. The van der Waals surface area contributed by atoms with E-state index >= 15 is 0 Å². The largest absolute Gasteiger partial charge is 0.480 e. The van der Waals surface area contributed by atoms with Crippen LogP contribution in [0.4, 0.5) is 0 Å². The summed E-state index contributed by atoms with van der Waals surface area (Å²) in [6.45, 7) is 0.0820.